The average molecular weight is 224 g/mol. The third-order valence-corrected chi connectivity index (χ3v) is 3.58. The maximum absolute atomic E-state index is 6.28. The number of benzene rings is 1. The van der Waals surface area contributed by atoms with Crippen LogP contribution in [0.4, 0.5) is 0 Å². The summed E-state index contributed by atoms with van der Waals surface area (Å²) >= 11 is 6.05. The highest BCUT2D eigenvalue weighted by molar-refractivity contribution is 6.30. The van der Waals surface area contributed by atoms with E-state index in [1.807, 2.05) is 12.1 Å². The molecule has 0 saturated heterocycles. The Morgan fingerprint density at radius 2 is 1.93 bits per heavy atom. The number of halogens is 1. The molecule has 1 aromatic rings. The number of hydrogen-bond acceptors (Lipinski definition) is 1. The zero-order chi connectivity index (χ0) is 10.8. The van der Waals surface area contributed by atoms with E-state index in [1.54, 1.807) is 0 Å². The largest absolute Gasteiger partial charge is 0.324 e. The van der Waals surface area contributed by atoms with Gasteiger partial charge in [0.25, 0.3) is 0 Å². The highest BCUT2D eigenvalue weighted by atomic mass is 35.5. The van der Waals surface area contributed by atoms with Crippen LogP contribution in [-0.4, -0.2) is 0 Å². The highest BCUT2D eigenvalue weighted by Crippen LogP contribution is 2.35. The SMILES string of the molecule is Cc1cc(Cl)cc(C(N)C2CCCC2)c1. The second-order valence-corrected chi connectivity index (χ2v) is 5.07. The van der Waals surface area contributed by atoms with Crippen molar-refractivity contribution in [2.24, 2.45) is 11.7 Å². The fourth-order valence-corrected chi connectivity index (χ4v) is 2.84. The lowest BCUT2D eigenvalue weighted by molar-refractivity contribution is 0.445. The van der Waals surface area contributed by atoms with Crippen molar-refractivity contribution < 1.29 is 0 Å². The van der Waals surface area contributed by atoms with Gasteiger partial charge in [-0.3, -0.25) is 0 Å². The monoisotopic (exact) mass is 223 g/mol. The van der Waals surface area contributed by atoms with Gasteiger partial charge in [-0.15, -0.1) is 0 Å². The molecule has 0 heterocycles. The Balaban J connectivity index is 2.20. The van der Waals surface area contributed by atoms with Gasteiger partial charge < -0.3 is 5.73 Å². The number of aryl methyl sites for hydroxylation is 1. The normalized spacial score (nSPS) is 19.4. The fourth-order valence-electron chi connectivity index (χ4n) is 2.55. The summed E-state index contributed by atoms with van der Waals surface area (Å²) in [7, 11) is 0. The van der Waals surface area contributed by atoms with Crippen LogP contribution in [0.15, 0.2) is 18.2 Å². The Morgan fingerprint density at radius 3 is 2.53 bits per heavy atom. The van der Waals surface area contributed by atoms with Crippen LogP contribution in [0.25, 0.3) is 0 Å². The summed E-state index contributed by atoms with van der Waals surface area (Å²) < 4.78 is 0. The van der Waals surface area contributed by atoms with Gasteiger partial charge in [-0.2, -0.15) is 0 Å². The third kappa shape index (κ3) is 2.53. The van der Waals surface area contributed by atoms with E-state index < -0.39 is 0 Å². The molecule has 0 aliphatic heterocycles. The molecule has 82 valence electrons. The van der Waals surface area contributed by atoms with Gasteiger partial charge in [0.05, 0.1) is 0 Å². The van der Waals surface area contributed by atoms with E-state index in [-0.39, 0.29) is 6.04 Å². The minimum absolute atomic E-state index is 0.171. The van der Waals surface area contributed by atoms with Crippen molar-refractivity contribution in [1.82, 2.24) is 0 Å². The molecule has 0 spiro atoms. The molecule has 0 amide bonds. The van der Waals surface area contributed by atoms with Gasteiger partial charge in [-0.1, -0.05) is 30.5 Å². The smallest absolute Gasteiger partial charge is 0.0411 e. The molecule has 15 heavy (non-hydrogen) atoms. The first-order valence-electron chi connectivity index (χ1n) is 5.69. The first-order valence-corrected chi connectivity index (χ1v) is 6.07. The number of nitrogens with two attached hydrogens (primary N) is 1. The van der Waals surface area contributed by atoms with Crippen molar-refractivity contribution in [2.75, 3.05) is 0 Å². The molecule has 0 aromatic heterocycles. The molecule has 1 fully saturated rings. The summed E-state index contributed by atoms with van der Waals surface area (Å²) in [4.78, 5) is 0. The summed E-state index contributed by atoms with van der Waals surface area (Å²) in [5.74, 6) is 0.655. The predicted molar refractivity (Wildman–Crippen MR) is 65.1 cm³/mol. The zero-order valence-electron chi connectivity index (χ0n) is 9.17. The fraction of sp³-hybridized carbons (Fsp3) is 0.538. The Labute approximate surface area is 96.6 Å². The summed E-state index contributed by atoms with van der Waals surface area (Å²) in [6, 6.07) is 6.32. The maximum atomic E-state index is 6.28. The highest BCUT2D eigenvalue weighted by Gasteiger charge is 2.23. The molecule has 1 aromatic carbocycles. The van der Waals surface area contributed by atoms with Crippen LogP contribution in [0.3, 0.4) is 0 Å². The molecule has 1 saturated carbocycles. The van der Waals surface area contributed by atoms with Gasteiger partial charge >= 0.3 is 0 Å². The van der Waals surface area contributed by atoms with Gasteiger partial charge in [0.1, 0.15) is 0 Å². The Kier molecular flexibility index (Phi) is 3.32. The van der Waals surface area contributed by atoms with Crippen LogP contribution in [0.1, 0.15) is 42.9 Å². The third-order valence-electron chi connectivity index (χ3n) is 3.36. The Morgan fingerprint density at radius 1 is 1.27 bits per heavy atom. The van der Waals surface area contributed by atoms with Crippen LogP contribution in [0.2, 0.25) is 5.02 Å². The molecular weight excluding hydrogens is 206 g/mol. The minimum atomic E-state index is 0.171. The van der Waals surface area contributed by atoms with Crippen molar-refractivity contribution in [1.29, 1.82) is 0 Å². The summed E-state index contributed by atoms with van der Waals surface area (Å²) in [5, 5.41) is 0.804. The van der Waals surface area contributed by atoms with E-state index in [0.29, 0.717) is 5.92 Å². The van der Waals surface area contributed by atoms with Crippen LogP contribution in [0, 0.1) is 12.8 Å². The van der Waals surface area contributed by atoms with Crippen molar-refractivity contribution in [3.8, 4) is 0 Å². The van der Waals surface area contributed by atoms with Crippen LogP contribution < -0.4 is 5.73 Å². The van der Waals surface area contributed by atoms with Crippen molar-refractivity contribution in [3.63, 3.8) is 0 Å². The molecule has 2 N–H and O–H groups in total. The lowest BCUT2D eigenvalue weighted by atomic mass is 9.92. The molecule has 1 nitrogen and oxygen atoms in total. The van der Waals surface area contributed by atoms with E-state index in [2.05, 4.69) is 13.0 Å². The topological polar surface area (TPSA) is 26.0 Å². The average Bonchev–Trinajstić information content (AvgIpc) is 2.67. The Bertz CT molecular complexity index is 322. The zero-order valence-corrected chi connectivity index (χ0v) is 9.93. The van der Waals surface area contributed by atoms with Gasteiger partial charge in [-0.05, 0) is 48.9 Å². The van der Waals surface area contributed by atoms with Crippen molar-refractivity contribution >= 4 is 11.6 Å². The first kappa shape index (κ1) is 11.0. The molecular formula is C13H18ClN. The predicted octanol–water partition coefficient (Wildman–Crippen LogP) is 3.84. The van der Waals surface area contributed by atoms with Gasteiger partial charge in [0, 0.05) is 11.1 Å². The molecule has 0 radical (unpaired) electrons. The molecule has 1 aliphatic rings. The second kappa shape index (κ2) is 4.54. The standard InChI is InChI=1S/C13H18ClN/c1-9-6-11(8-12(14)7-9)13(15)10-4-2-3-5-10/h6-8,10,13H,2-5,15H2,1H3. The number of rotatable bonds is 2. The maximum Gasteiger partial charge on any atom is 0.0411 e. The second-order valence-electron chi connectivity index (χ2n) is 4.63. The van der Waals surface area contributed by atoms with Gasteiger partial charge in [-0.25, -0.2) is 0 Å². The lowest BCUT2D eigenvalue weighted by Gasteiger charge is -2.19. The Hall–Kier alpha value is -0.530. The molecule has 2 rings (SSSR count). The molecule has 1 unspecified atom stereocenters. The molecule has 0 bridgehead atoms. The summed E-state index contributed by atoms with van der Waals surface area (Å²) in [5.41, 5.74) is 8.68. The summed E-state index contributed by atoms with van der Waals surface area (Å²) in [6.07, 6.45) is 5.20. The van der Waals surface area contributed by atoms with Crippen molar-refractivity contribution in [3.05, 3.63) is 34.3 Å². The lowest BCUT2D eigenvalue weighted by Crippen LogP contribution is -2.19. The molecule has 1 aliphatic carbocycles. The summed E-state index contributed by atoms with van der Waals surface area (Å²) in [6.45, 7) is 2.07. The minimum Gasteiger partial charge on any atom is -0.324 e. The van der Waals surface area contributed by atoms with Gasteiger partial charge in [0.2, 0.25) is 0 Å². The van der Waals surface area contributed by atoms with E-state index in [1.165, 1.54) is 36.8 Å². The van der Waals surface area contributed by atoms with Crippen LogP contribution >= 0.6 is 11.6 Å². The van der Waals surface area contributed by atoms with E-state index in [0.717, 1.165) is 5.02 Å². The van der Waals surface area contributed by atoms with E-state index in [9.17, 15) is 0 Å². The van der Waals surface area contributed by atoms with Crippen molar-refractivity contribution in [2.45, 2.75) is 38.6 Å². The molecule has 2 heteroatoms. The van der Waals surface area contributed by atoms with Crippen LogP contribution in [-0.2, 0) is 0 Å². The van der Waals surface area contributed by atoms with Crippen LogP contribution in [0.5, 0.6) is 0 Å². The number of hydrogen-bond donors (Lipinski definition) is 1. The first-order chi connectivity index (χ1) is 7.16. The molecule has 1 atom stereocenters. The van der Waals surface area contributed by atoms with E-state index in [4.69, 9.17) is 17.3 Å². The quantitative estimate of drug-likeness (QED) is 0.810. The van der Waals surface area contributed by atoms with Gasteiger partial charge in [0.15, 0.2) is 0 Å². The van der Waals surface area contributed by atoms with E-state index >= 15 is 0 Å².